The van der Waals surface area contributed by atoms with Gasteiger partial charge in [0.25, 0.3) is 20.0 Å². The standard InChI is InChI=1S/2C39H40N4O4SSi/c1-7-29-21-27(3)37-36(32(30-11-9-8-10-12-30)24-43(37)48(45,46)31-16-13-26(2)14-17-31)35(29)38(44)39-41-33-22-28(23-40)15-18-34(33)42(39)25-47-19-20-49(4,5)6;1-7-29-21-27(3)37-36(32(30-11-9-8-10-12-30)24-43(37)48(45,46)31-16-13-26(2)14-17-31)35(29)38(44)39-41-33-18-15-28(23-40)22-34(33)42(39)25-47-19-20-49(4,5)6/h2*8-18,21-22,24H,7,19-20,25H2,1-6H3. The van der Waals surface area contributed by atoms with E-state index in [1.165, 1.54) is 7.94 Å². The van der Waals surface area contributed by atoms with E-state index in [2.05, 4.69) is 51.4 Å². The second-order valence-electron chi connectivity index (χ2n) is 27.4. The van der Waals surface area contributed by atoms with Crippen molar-refractivity contribution in [2.24, 2.45) is 0 Å². The zero-order valence-electron chi connectivity index (χ0n) is 57.5. The molecule has 12 aromatic rings. The van der Waals surface area contributed by atoms with Crippen molar-refractivity contribution in [3.05, 3.63) is 237 Å². The Balaban J connectivity index is 0.000000198. The lowest BCUT2D eigenvalue weighted by Crippen LogP contribution is -2.22. The Kier molecular flexibility index (Phi) is 20.0. The second kappa shape index (κ2) is 28.1. The minimum atomic E-state index is -4.04. The van der Waals surface area contributed by atoms with Gasteiger partial charge in [-0.15, -0.1) is 0 Å². The number of benzene rings is 8. The summed E-state index contributed by atoms with van der Waals surface area (Å²) in [6, 6.07) is 53.1. The first-order valence-corrected chi connectivity index (χ1v) is 43.1. The van der Waals surface area contributed by atoms with E-state index >= 15 is 9.59 Å². The van der Waals surface area contributed by atoms with Crippen molar-refractivity contribution in [3.63, 3.8) is 0 Å². The molecule has 8 aromatic carbocycles. The molecule has 0 unspecified atom stereocenters. The van der Waals surface area contributed by atoms with Crippen molar-refractivity contribution in [1.82, 2.24) is 27.0 Å². The molecule has 20 heteroatoms. The molecule has 500 valence electrons. The molecule has 0 radical (unpaired) electrons. The Labute approximate surface area is 575 Å². The number of carbonyl (C=O) groups excluding carboxylic acids is 2. The van der Waals surface area contributed by atoms with E-state index in [1.54, 1.807) is 106 Å². The molecule has 0 atom stereocenters. The highest BCUT2D eigenvalue weighted by molar-refractivity contribution is 7.90. The van der Waals surface area contributed by atoms with Crippen LogP contribution in [0.3, 0.4) is 0 Å². The van der Waals surface area contributed by atoms with Crippen LogP contribution in [0.2, 0.25) is 51.4 Å². The largest absolute Gasteiger partial charge is 0.361 e. The third-order valence-electron chi connectivity index (χ3n) is 17.8. The molecule has 0 fully saturated rings. The summed E-state index contributed by atoms with van der Waals surface area (Å²) in [5.74, 6) is -0.335. The topological polar surface area (TPSA) is 214 Å². The first-order chi connectivity index (χ1) is 46.7. The highest BCUT2D eigenvalue weighted by Crippen LogP contribution is 2.42. The fraction of sp³-hybridized carbons (Fsp3) is 0.256. The minimum Gasteiger partial charge on any atom is -0.361 e. The first-order valence-electron chi connectivity index (χ1n) is 32.8. The number of hydrogen-bond donors (Lipinski definition) is 0. The van der Waals surface area contributed by atoms with Crippen molar-refractivity contribution < 1.29 is 35.9 Å². The molecule has 0 aliphatic heterocycles. The predicted molar refractivity (Wildman–Crippen MR) is 394 cm³/mol. The fourth-order valence-electron chi connectivity index (χ4n) is 12.4. The number of hydrogen-bond acceptors (Lipinski definition) is 12. The summed E-state index contributed by atoms with van der Waals surface area (Å²) >= 11 is 0. The van der Waals surface area contributed by atoms with Crippen LogP contribution in [0, 0.1) is 50.4 Å². The van der Waals surface area contributed by atoms with E-state index in [0.29, 0.717) is 103 Å². The number of aryl methyl sites for hydroxylation is 6. The Bertz CT molecular complexity index is 5180. The molecule has 0 aliphatic rings. The van der Waals surface area contributed by atoms with Gasteiger partial charge in [-0.2, -0.15) is 10.5 Å². The minimum absolute atomic E-state index is 0.0851. The second-order valence-corrected chi connectivity index (χ2v) is 42.2. The number of fused-ring (bicyclic) bond motifs is 4. The summed E-state index contributed by atoms with van der Waals surface area (Å²) in [7, 11) is -10.8. The molecule has 4 aromatic heterocycles. The van der Waals surface area contributed by atoms with Gasteiger partial charge in [-0.05, 0) is 147 Å². The van der Waals surface area contributed by atoms with Crippen LogP contribution in [0.15, 0.2) is 180 Å². The Morgan fingerprint density at radius 3 is 1.30 bits per heavy atom. The van der Waals surface area contributed by atoms with Crippen molar-refractivity contribution >= 4 is 91.6 Å². The third kappa shape index (κ3) is 14.0. The monoisotopic (exact) mass is 1380 g/mol. The fourth-order valence-corrected chi connectivity index (χ4v) is 16.8. The smallest absolute Gasteiger partial charge is 0.268 e. The maximum atomic E-state index is 15.1. The molecule has 0 spiro atoms. The summed E-state index contributed by atoms with van der Waals surface area (Å²) in [4.78, 5) is 40.1. The quantitative estimate of drug-likeness (QED) is 0.0352. The highest BCUT2D eigenvalue weighted by Gasteiger charge is 2.34. The van der Waals surface area contributed by atoms with Crippen LogP contribution >= 0.6 is 0 Å². The Morgan fingerprint density at radius 2 is 0.888 bits per heavy atom. The molecule has 4 heterocycles. The molecular formula is C78H80N8O8S2Si2. The van der Waals surface area contributed by atoms with Gasteiger partial charge in [-0.1, -0.05) is 161 Å². The van der Waals surface area contributed by atoms with Crippen LogP contribution in [0.25, 0.3) is 66.1 Å². The van der Waals surface area contributed by atoms with Crippen LogP contribution in [-0.2, 0) is 55.8 Å². The van der Waals surface area contributed by atoms with Gasteiger partial charge in [-0.25, -0.2) is 34.7 Å². The molecule has 98 heavy (non-hydrogen) atoms. The van der Waals surface area contributed by atoms with Gasteiger partial charge >= 0.3 is 0 Å². The van der Waals surface area contributed by atoms with Crippen LogP contribution < -0.4 is 0 Å². The average molecular weight is 1380 g/mol. The SMILES string of the molecule is CCc1cc(C)c2c(c(-c3ccccc3)cn2S(=O)(=O)c2ccc(C)cc2)c1C(=O)c1nc2cc(C#N)ccc2n1COCC[Si](C)(C)C.CCc1cc(C)c2c(c(-c3ccccc3)cn2S(=O)(=O)c2ccc(C)cc2)c1C(=O)c1nc2ccc(C#N)cc2n1COCC[Si](C)(C)C. The van der Waals surface area contributed by atoms with Crippen molar-refractivity contribution in [2.75, 3.05) is 13.2 Å². The maximum absolute atomic E-state index is 15.1. The lowest BCUT2D eigenvalue weighted by atomic mass is 9.91. The van der Waals surface area contributed by atoms with Gasteiger partial charge in [0.15, 0.2) is 11.6 Å². The van der Waals surface area contributed by atoms with Crippen molar-refractivity contribution in [1.29, 1.82) is 10.5 Å². The normalized spacial score (nSPS) is 12.1. The van der Waals surface area contributed by atoms with Crippen LogP contribution in [0.4, 0.5) is 0 Å². The van der Waals surface area contributed by atoms with Crippen molar-refractivity contribution in [3.8, 4) is 34.4 Å². The molecule has 0 saturated heterocycles. The van der Waals surface area contributed by atoms with E-state index in [0.717, 1.165) is 56.6 Å². The number of carbonyl (C=O) groups is 2. The van der Waals surface area contributed by atoms with Gasteiger partial charge in [0.2, 0.25) is 11.6 Å². The van der Waals surface area contributed by atoms with Gasteiger partial charge in [0.1, 0.15) is 13.5 Å². The summed E-state index contributed by atoms with van der Waals surface area (Å²) in [5.41, 5.74) is 12.8. The number of aromatic nitrogens is 6. The van der Waals surface area contributed by atoms with Gasteiger partial charge < -0.3 is 9.47 Å². The summed E-state index contributed by atoms with van der Waals surface area (Å²) < 4.78 is 75.8. The molecule has 0 aliphatic carbocycles. The number of imidazole rings is 2. The lowest BCUT2D eigenvalue weighted by Gasteiger charge is -2.17. The van der Waals surface area contributed by atoms with Gasteiger partial charge in [-0.3, -0.25) is 18.7 Å². The molecule has 12 rings (SSSR count). The van der Waals surface area contributed by atoms with Crippen molar-refractivity contribution in [2.45, 2.75) is 129 Å². The molecule has 0 bridgehead atoms. The number of nitrogens with zero attached hydrogens (tertiary/aromatic N) is 8. The van der Waals surface area contributed by atoms with E-state index < -0.39 is 36.2 Å². The molecule has 16 nitrogen and oxygen atoms in total. The van der Waals surface area contributed by atoms with E-state index in [4.69, 9.17) is 19.4 Å². The third-order valence-corrected chi connectivity index (χ3v) is 24.5. The van der Waals surface area contributed by atoms with E-state index in [-0.39, 0.29) is 46.5 Å². The number of ketones is 2. The van der Waals surface area contributed by atoms with E-state index in [9.17, 15) is 27.4 Å². The van der Waals surface area contributed by atoms with Crippen LogP contribution in [-0.4, -0.2) is 84.8 Å². The van der Waals surface area contributed by atoms with Crippen LogP contribution in [0.1, 0.15) is 90.7 Å². The van der Waals surface area contributed by atoms with Gasteiger partial charge in [0.05, 0.1) is 66.2 Å². The average Bonchev–Trinajstić information content (AvgIpc) is 1.56. The zero-order valence-corrected chi connectivity index (χ0v) is 61.1. The molecule has 0 N–H and O–H groups in total. The van der Waals surface area contributed by atoms with Gasteiger partial charge in [0, 0.05) is 74.8 Å². The number of nitriles is 2. The molecular weight excluding hydrogens is 1300 g/mol. The Morgan fingerprint density at radius 1 is 0.490 bits per heavy atom. The Hall–Kier alpha value is -9.65. The first kappa shape index (κ1) is 69.7. The maximum Gasteiger partial charge on any atom is 0.268 e. The van der Waals surface area contributed by atoms with Crippen LogP contribution in [0.5, 0.6) is 0 Å². The zero-order chi connectivity index (χ0) is 70.2. The van der Waals surface area contributed by atoms with E-state index in [1.807, 2.05) is 114 Å². The highest BCUT2D eigenvalue weighted by atomic mass is 32.2. The summed E-state index contributed by atoms with van der Waals surface area (Å²) in [5, 5.41) is 20.4. The predicted octanol–water partition coefficient (Wildman–Crippen LogP) is 17.0. The number of ether oxygens (including phenoxy) is 2. The number of rotatable bonds is 22. The molecule has 0 saturated carbocycles. The molecule has 0 amide bonds. The summed E-state index contributed by atoms with van der Waals surface area (Å²) in [6.07, 6.45) is 4.35. The lowest BCUT2D eigenvalue weighted by molar-refractivity contribution is 0.0834. The summed E-state index contributed by atoms with van der Waals surface area (Å²) in [6.45, 7) is 26.5.